The number of amides is 1. The quantitative estimate of drug-likeness (QED) is 0.769. The van der Waals surface area contributed by atoms with Gasteiger partial charge in [-0.25, -0.2) is 8.42 Å². The lowest BCUT2D eigenvalue weighted by atomic mass is 10.0. The highest BCUT2D eigenvalue weighted by Gasteiger charge is 2.18. The van der Waals surface area contributed by atoms with Crippen LogP contribution in [0.2, 0.25) is 0 Å². The molecule has 1 N–H and O–H groups in total. The van der Waals surface area contributed by atoms with Crippen LogP contribution in [0, 0.1) is 0 Å². The molecular weight excluding hydrogens is 350 g/mol. The molecule has 1 aromatic carbocycles. The summed E-state index contributed by atoms with van der Waals surface area (Å²) in [7, 11) is -3.42. The van der Waals surface area contributed by atoms with Crippen molar-refractivity contribution in [1.82, 2.24) is 9.29 Å². The number of hydrogen-bond acceptors (Lipinski definition) is 4. The maximum absolute atomic E-state index is 12.2. The first-order chi connectivity index (χ1) is 12.3. The van der Waals surface area contributed by atoms with E-state index >= 15 is 0 Å². The summed E-state index contributed by atoms with van der Waals surface area (Å²) < 4.78 is 25.2. The minimum Gasteiger partial charge on any atom is -0.326 e. The second-order valence-corrected chi connectivity index (χ2v) is 8.52. The minimum absolute atomic E-state index is 0.0826. The van der Waals surface area contributed by atoms with Gasteiger partial charge in [0.15, 0.2) is 0 Å². The molecule has 0 atom stereocenters. The van der Waals surface area contributed by atoms with E-state index < -0.39 is 10.0 Å². The van der Waals surface area contributed by atoms with Crippen molar-refractivity contribution in [3.05, 3.63) is 59.9 Å². The van der Waals surface area contributed by atoms with E-state index in [0.29, 0.717) is 11.6 Å². The molecule has 0 spiro atoms. The Labute approximate surface area is 155 Å². The summed E-state index contributed by atoms with van der Waals surface area (Å²) in [6.45, 7) is 4.53. The number of anilines is 1. The Balaban J connectivity index is 1.94. The van der Waals surface area contributed by atoms with Crippen molar-refractivity contribution in [2.45, 2.75) is 32.7 Å². The van der Waals surface area contributed by atoms with Crippen LogP contribution in [0.5, 0.6) is 0 Å². The topological polar surface area (TPSA) is 79.4 Å². The Morgan fingerprint density at radius 3 is 2.42 bits per heavy atom. The molecule has 0 bridgehead atoms. The van der Waals surface area contributed by atoms with Gasteiger partial charge in [0.2, 0.25) is 15.9 Å². The van der Waals surface area contributed by atoms with Crippen molar-refractivity contribution >= 4 is 21.6 Å². The van der Waals surface area contributed by atoms with Gasteiger partial charge in [-0.15, -0.1) is 0 Å². The van der Waals surface area contributed by atoms with Gasteiger partial charge >= 0.3 is 0 Å². The zero-order valence-electron chi connectivity index (χ0n) is 15.3. The van der Waals surface area contributed by atoms with Crippen LogP contribution >= 0.6 is 0 Å². The molecule has 0 unspecified atom stereocenters. The molecule has 1 aromatic heterocycles. The Bertz CT molecular complexity index is 819. The summed E-state index contributed by atoms with van der Waals surface area (Å²) in [6, 6.07) is 11.2. The number of carbonyl (C=O) groups excluding carboxylic acids is 1. The fourth-order valence-electron chi connectivity index (χ4n) is 2.46. The molecular formula is C19H25N3O3S. The van der Waals surface area contributed by atoms with Gasteiger partial charge in [0.05, 0.1) is 6.26 Å². The number of aromatic nitrogens is 1. The van der Waals surface area contributed by atoms with Gasteiger partial charge in [0.1, 0.15) is 0 Å². The van der Waals surface area contributed by atoms with Crippen molar-refractivity contribution in [2.75, 3.05) is 18.1 Å². The summed E-state index contributed by atoms with van der Waals surface area (Å²) in [6.07, 6.45) is 4.48. The van der Waals surface area contributed by atoms with Crippen LogP contribution in [-0.2, 0) is 21.4 Å². The van der Waals surface area contributed by atoms with E-state index in [0.717, 1.165) is 11.8 Å². The molecule has 0 saturated heterocycles. The molecule has 0 fully saturated rings. The summed E-state index contributed by atoms with van der Waals surface area (Å²) in [5.41, 5.74) is 2.68. The predicted octanol–water partition coefficient (Wildman–Crippen LogP) is 3.00. The van der Waals surface area contributed by atoms with Gasteiger partial charge in [-0.3, -0.25) is 9.78 Å². The number of rotatable bonds is 8. The van der Waals surface area contributed by atoms with Crippen LogP contribution in [0.1, 0.15) is 37.3 Å². The smallest absolute Gasteiger partial charge is 0.225 e. The number of nitrogens with one attached hydrogen (secondary N) is 1. The first kappa shape index (κ1) is 20.1. The molecule has 2 aromatic rings. The van der Waals surface area contributed by atoms with Crippen LogP contribution in [0.25, 0.3) is 0 Å². The number of pyridine rings is 1. The lowest BCUT2D eigenvalue weighted by molar-refractivity contribution is -0.116. The zero-order valence-corrected chi connectivity index (χ0v) is 16.2. The molecule has 0 aliphatic rings. The highest BCUT2D eigenvalue weighted by Crippen LogP contribution is 2.17. The first-order valence-corrected chi connectivity index (χ1v) is 10.3. The third-order valence-electron chi connectivity index (χ3n) is 4.00. The molecule has 0 radical (unpaired) electrons. The van der Waals surface area contributed by atoms with Crippen molar-refractivity contribution in [3.8, 4) is 0 Å². The lowest BCUT2D eigenvalue weighted by Crippen LogP contribution is -2.32. The summed E-state index contributed by atoms with van der Waals surface area (Å²) in [4.78, 5) is 16.2. The van der Waals surface area contributed by atoms with Crippen LogP contribution in [0.3, 0.4) is 0 Å². The van der Waals surface area contributed by atoms with E-state index in [1.54, 1.807) is 18.5 Å². The highest BCUT2D eigenvalue weighted by atomic mass is 32.2. The Hall–Kier alpha value is -2.25. The summed E-state index contributed by atoms with van der Waals surface area (Å²) in [5, 5.41) is 2.81. The van der Waals surface area contributed by atoms with Gasteiger partial charge < -0.3 is 5.32 Å². The van der Waals surface area contributed by atoms with Crippen LogP contribution in [-0.4, -0.2) is 36.4 Å². The number of hydrogen-bond donors (Lipinski definition) is 1. The average molecular weight is 375 g/mol. The Kier molecular flexibility index (Phi) is 6.88. The van der Waals surface area contributed by atoms with E-state index in [9.17, 15) is 13.2 Å². The van der Waals surface area contributed by atoms with Crippen molar-refractivity contribution in [1.29, 1.82) is 0 Å². The molecule has 1 heterocycles. The SMILES string of the molecule is CC(C)c1ccc(NC(=O)CCN(Cc2cccnc2)S(C)(=O)=O)cc1. The van der Waals surface area contributed by atoms with Gasteiger partial charge in [-0.1, -0.05) is 32.0 Å². The minimum atomic E-state index is -3.42. The molecule has 1 amide bonds. The van der Waals surface area contributed by atoms with Gasteiger partial charge in [0, 0.05) is 37.6 Å². The molecule has 6 nitrogen and oxygen atoms in total. The number of nitrogens with zero attached hydrogens (tertiary/aromatic N) is 2. The molecule has 0 aliphatic heterocycles. The fraction of sp³-hybridized carbons (Fsp3) is 0.368. The van der Waals surface area contributed by atoms with Gasteiger partial charge in [-0.2, -0.15) is 4.31 Å². The number of carbonyl (C=O) groups is 1. The largest absolute Gasteiger partial charge is 0.326 e. The molecule has 2 rings (SSSR count). The molecule has 0 saturated carbocycles. The third-order valence-corrected chi connectivity index (χ3v) is 5.25. The molecule has 26 heavy (non-hydrogen) atoms. The second kappa shape index (κ2) is 8.91. The number of benzene rings is 1. The average Bonchev–Trinajstić information content (AvgIpc) is 2.59. The van der Waals surface area contributed by atoms with E-state index in [-0.39, 0.29) is 25.4 Å². The second-order valence-electron chi connectivity index (χ2n) is 6.53. The standard InChI is InChI=1S/C19H25N3O3S/c1-15(2)17-6-8-18(9-7-17)21-19(23)10-12-22(26(3,24)25)14-16-5-4-11-20-13-16/h4-9,11,13,15H,10,12,14H2,1-3H3,(H,21,23). The normalized spacial score (nSPS) is 11.7. The Morgan fingerprint density at radius 1 is 1.19 bits per heavy atom. The van der Waals surface area contributed by atoms with Gasteiger partial charge in [-0.05, 0) is 35.2 Å². The molecule has 0 aliphatic carbocycles. The van der Waals surface area contributed by atoms with Crippen molar-refractivity contribution in [3.63, 3.8) is 0 Å². The van der Waals surface area contributed by atoms with E-state index in [2.05, 4.69) is 24.1 Å². The van der Waals surface area contributed by atoms with Crippen molar-refractivity contribution in [2.24, 2.45) is 0 Å². The highest BCUT2D eigenvalue weighted by molar-refractivity contribution is 7.88. The maximum Gasteiger partial charge on any atom is 0.225 e. The van der Waals surface area contributed by atoms with E-state index in [4.69, 9.17) is 0 Å². The third kappa shape index (κ3) is 6.24. The Morgan fingerprint density at radius 2 is 1.88 bits per heavy atom. The van der Waals surface area contributed by atoms with Gasteiger partial charge in [0.25, 0.3) is 0 Å². The zero-order chi connectivity index (χ0) is 19.2. The first-order valence-electron chi connectivity index (χ1n) is 8.49. The van der Waals surface area contributed by atoms with Crippen LogP contribution in [0.4, 0.5) is 5.69 Å². The maximum atomic E-state index is 12.2. The fourth-order valence-corrected chi connectivity index (χ4v) is 3.27. The molecule has 7 heteroatoms. The summed E-state index contributed by atoms with van der Waals surface area (Å²) >= 11 is 0. The van der Waals surface area contributed by atoms with E-state index in [1.807, 2.05) is 30.3 Å². The van der Waals surface area contributed by atoms with E-state index in [1.165, 1.54) is 9.87 Å². The number of sulfonamides is 1. The predicted molar refractivity (Wildman–Crippen MR) is 103 cm³/mol. The summed E-state index contributed by atoms with van der Waals surface area (Å²) in [5.74, 6) is 0.206. The van der Waals surface area contributed by atoms with Crippen LogP contribution in [0.15, 0.2) is 48.8 Å². The van der Waals surface area contributed by atoms with Crippen LogP contribution < -0.4 is 5.32 Å². The van der Waals surface area contributed by atoms with Crippen molar-refractivity contribution < 1.29 is 13.2 Å². The lowest BCUT2D eigenvalue weighted by Gasteiger charge is -2.19. The molecule has 140 valence electrons. The monoisotopic (exact) mass is 375 g/mol.